The molecule has 3 N–H and O–H groups in total. The molecule has 0 unspecified atom stereocenters. The van der Waals surface area contributed by atoms with Crippen molar-refractivity contribution >= 4 is 46.6 Å². The molecule has 2 rings (SSSR count). The Kier molecular flexibility index (Phi) is 7.56. The number of thioether (sulfide) groups is 1. The van der Waals surface area contributed by atoms with E-state index < -0.39 is 0 Å². The molecule has 0 bridgehead atoms. The van der Waals surface area contributed by atoms with Crippen LogP contribution in [0.3, 0.4) is 0 Å². The van der Waals surface area contributed by atoms with Crippen molar-refractivity contribution in [3.63, 3.8) is 0 Å². The third-order valence-corrected chi connectivity index (χ3v) is 4.68. The number of halogens is 1. The van der Waals surface area contributed by atoms with E-state index in [0.717, 1.165) is 11.1 Å². The van der Waals surface area contributed by atoms with Crippen molar-refractivity contribution in [2.45, 2.75) is 12.7 Å². The summed E-state index contributed by atoms with van der Waals surface area (Å²) in [6, 6.07) is 14.8. The molecule has 26 heavy (non-hydrogen) atoms. The normalized spacial score (nSPS) is 10.1. The highest BCUT2D eigenvalue weighted by Gasteiger charge is 2.06. The van der Waals surface area contributed by atoms with Crippen molar-refractivity contribution in [2.75, 3.05) is 11.1 Å². The fraction of sp³-hybridized carbons (Fsp3) is 0.158. The Morgan fingerprint density at radius 3 is 2.62 bits per heavy atom. The summed E-state index contributed by atoms with van der Waals surface area (Å²) in [4.78, 5) is 23.1. The first kappa shape index (κ1) is 19.9. The summed E-state index contributed by atoms with van der Waals surface area (Å²) in [5.74, 6) is 0.635. The Morgan fingerprint density at radius 1 is 1.12 bits per heavy atom. The third kappa shape index (κ3) is 6.46. The Hall–Kier alpha value is -2.44. The van der Waals surface area contributed by atoms with E-state index in [1.54, 1.807) is 18.2 Å². The maximum absolute atomic E-state index is 11.9. The van der Waals surface area contributed by atoms with Crippen LogP contribution in [0.2, 0.25) is 5.02 Å². The molecule has 136 valence electrons. The molecule has 5 nitrogen and oxygen atoms in total. The number of amides is 2. The van der Waals surface area contributed by atoms with Gasteiger partial charge in [-0.3, -0.25) is 20.4 Å². The van der Waals surface area contributed by atoms with Crippen LogP contribution in [0, 0.1) is 0 Å². The van der Waals surface area contributed by atoms with E-state index in [9.17, 15) is 9.59 Å². The number of carbonyl (C=O) groups is 2. The lowest BCUT2D eigenvalue weighted by Crippen LogP contribution is -2.37. The van der Waals surface area contributed by atoms with Crippen LogP contribution in [0.1, 0.15) is 18.1 Å². The maximum Gasteiger partial charge on any atom is 0.248 e. The zero-order valence-corrected chi connectivity index (χ0v) is 15.9. The molecule has 0 atom stereocenters. The van der Waals surface area contributed by atoms with Crippen molar-refractivity contribution in [1.82, 2.24) is 10.9 Å². The fourth-order valence-corrected chi connectivity index (χ4v) is 3.22. The van der Waals surface area contributed by atoms with Crippen molar-refractivity contribution in [2.24, 2.45) is 0 Å². The molecule has 0 aliphatic heterocycles. The SMILES string of the molecule is C=C(NNC(=O)CSCc1ccccc1Cl)c1cccc(NC(C)=O)c1. The van der Waals surface area contributed by atoms with Crippen molar-refractivity contribution in [3.05, 3.63) is 71.3 Å². The predicted molar refractivity (Wildman–Crippen MR) is 109 cm³/mol. The van der Waals surface area contributed by atoms with E-state index in [1.165, 1.54) is 18.7 Å². The molecule has 7 heteroatoms. The second kappa shape index (κ2) is 9.89. The van der Waals surface area contributed by atoms with Gasteiger partial charge in [-0.1, -0.05) is 48.5 Å². The van der Waals surface area contributed by atoms with Crippen LogP contribution in [0.4, 0.5) is 5.69 Å². The van der Waals surface area contributed by atoms with Crippen LogP contribution in [-0.2, 0) is 15.3 Å². The molecule has 2 amide bonds. The Labute approximate surface area is 162 Å². The Bertz CT molecular complexity index is 811. The van der Waals surface area contributed by atoms with Gasteiger partial charge in [0.25, 0.3) is 0 Å². The summed E-state index contributed by atoms with van der Waals surface area (Å²) >= 11 is 7.56. The summed E-state index contributed by atoms with van der Waals surface area (Å²) < 4.78 is 0. The van der Waals surface area contributed by atoms with E-state index >= 15 is 0 Å². The molecule has 0 spiro atoms. The molecule has 2 aromatic rings. The Balaban J connectivity index is 1.77. The summed E-state index contributed by atoms with van der Waals surface area (Å²) in [5, 5.41) is 3.40. The van der Waals surface area contributed by atoms with E-state index in [1.807, 2.05) is 30.3 Å². The van der Waals surface area contributed by atoms with Gasteiger partial charge in [0.05, 0.1) is 11.4 Å². The number of carbonyl (C=O) groups excluding carboxylic acids is 2. The van der Waals surface area contributed by atoms with Crippen LogP contribution >= 0.6 is 23.4 Å². The lowest BCUT2D eigenvalue weighted by atomic mass is 10.1. The van der Waals surface area contributed by atoms with Crippen LogP contribution in [0.25, 0.3) is 5.70 Å². The average Bonchev–Trinajstić information content (AvgIpc) is 2.61. The van der Waals surface area contributed by atoms with E-state index in [0.29, 0.717) is 22.2 Å². The molecule has 0 saturated carbocycles. The molecule has 2 aromatic carbocycles. The largest absolute Gasteiger partial charge is 0.326 e. The minimum Gasteiger partial charge on any atom is -0.326 e. The van der Waals surface area contributed by atoms with Gasteiger partial charge in [0.2, 0.25) is 11.8 Å². The summed E-state index contributed by atoms with van der Waals surface area (Å²) in [6.45, 7) is 5.34. The second-order valence-corrected chi connectivity index (χ2v) is 6.89. The molecular weight excluding hydrogens is 370 g/mol. The van der Waals surface area contributed by atoms with Crippen molar-refractivity contribution in [3.8, 4) is 0 Å². The number of hydrogen-bond acceptors (Lipinski definition) is 4. The fourth-order valence-electron chi connectivity index (χ4n) is 2.11. The standard InChI is InChI=1S/C19H20ClN3O2S/c1-13(15-7-5-8-17(10-15)21-14(2)24)22-23-19(25)12-26-11-16-6-3-4-9-18(16)20/h3-10,22H,1,11-12H2,2H3,(H,21,24)(H,23,25). The van der Waals surface area contributed by atoms with Crippen molar-refractivity contribution < 1.29 is 9.59 Å². The zero-order valence-electron chi connectivity index (χ0n) is 14.3. The van der Waals surface area contributed by atoms with E-state index in [2.05, 4.69) is 22.7 Å². The molecular formula is C19H20ClN3O2S. The molecule has 0 aromatic heterocycles. The van der Waals surface area contributed by atoms with Gasteiger partial charge < -0.3 is 5.32 Å². The van der Waals surface area contributed by atoms with Crippen LogP contribution < -0.4 is 16.2 Å². The Morgan fingerprint density at radius 2 is 1.88 bits per heavy atom. The van der Waals surface area contributed by atoms with Gasteiger partial charge in [-0.05, 0) is 23.8 Å². The highest BCUT2D eigenvalue weighted by atomic mass is 35.5. The topological polar surface area (TPSA) is 70.2 Å². The van der Waals surface area contributed by atoms with E-state index in [-0.39, 0.29) is 17.6 Å². The molecule has 0 aliphatic rings. The first-order chi connectivity index (χ1) is 12.5. The molecule has 0 heterocycles. The monoisotopic (exact) mass is 389 g/mol. The molecule has 0 fully saturated rings. The zero-order chi connectivity index (χ0) is 18.9. The lowest BCUT2D eigenvalue weighted by molar-refractivity contribution is -0.119. The van der Waals surface area contributed by atoms with Gasteiger partial charge >= 0.3 is 0 Å². The molecule has 0 saturated heterocycles. The average molecular weight is 390 g/mol. The molecule has 0 aliphatic carbocycles. The molecule has 0 radical (unpaired) electrons. The second-order valence-electron chi connectivity index (χ2n) is 5.50. The van der Waals surface area contributed by atoms with Gasteiger partial charge in [-0.25, -0.2) is 0 Å². The van der Waals surface area contributed by atoms with Crippen LogP contribution in [-0.4, -0.2) is 17.6 Å². The number of anilines is 1. The van der Waals surface area contributed by atoms with E-state index in [4.69, 9.17) is 11.6 Å². The van der Waals surface area contributed by atoms with Gasteiger partial charge in [0.15, 0.2) is 0 Å². The number of hydrazine groups is 1. The van der Waals surface area contributed by atoms with Gasteiger partial charge in [0, 0.05) is 29.0 Å². The summed E-state index contributed by atoms with van der Waals surface area (Å²) in [6.07, 6.45) is 0. The number of nitrogens with one attached hydrogen (secondary N) is 3. The number of hydrogen-bond donors (Lipinski definition) is 3. The summed E-state index contributed by atoms with van der Waals surface area (Å²) in [5.41, 5.74) is 8.36. The number of rotatable bonds is 8. The van der Waals surface area contributed by atoms with Gasteiger partial charge in [0.1, 0.15) is 0 Å². The third-order valence-electron chi connectivity index (χ3n) is 3.33. The number of benzene rings is 2. The highest BCUT2D eigenvalue weighted by Crippen LogP contribution is 2.20. The minimum absolute atomic E-state index is 0.149. The minimum atomic E-state index is -0.166. The first-order valence-corrected chi connectivity index (χ1v) is 9.42. The van der Waals surface area contributed by atoms with Crippen LogP contribution in [0.5, 0.6) is 0 Å². The predicted octanol–water partition coefficient (Wildman–Crippen LogP) is 3.82. The highest BCUT2D eigenvalue weighted by molar-refractivity contribution is 7.99. The summed E-state index contributed by atoms with van der Waals surface area (Å²) in [7, 11) is 0. The smallest absolute Gasteiger partial charge is 0.248 e. The van der Waals surface area contributed by atoms with Gasteiger partial charge in [-0.2, -0.15) is 0 Å². The van der Waals surface area contributed by atoms with Crippen LogP contribution in [0.15, 0.2) is 55.1 Å². The maximum atomic E-state index is 11.9. The first-order valence-electron chi connectivity index (χ1n) is 7.88. The quantitative estimate of drug-likeness (QED) is 0.600. The lowest BCUT2D eigenvalue weighted by Gasteiger charge is -2.12. The van der Waals surface area contributed by atoms with Crippen molar-refractivity contribution in [1.29, 1.82) is 0 Å². The van der Waals surface area contributed by atoms with Gasteiger partial charge in [-0.15, -0.1) is 11.8 Å².